The number of sulfonamides is 1. The lowest BCUT2D eigenvalue weighted by Crippen LogP contribution is -2.14. The van der Waals surface area contributed by atoms with E-state index in [0.29, 0.717) is 0 Å². The number of ether oxygens (including phenoxy) is 1. The van der Waals surface area contributed by atoms with Crippen LogP contribution in [-0.2, 0) is 23.7 Å². The Kier molecular flexibility index (Phi) is 3.79. The van der Waals surface area contributed by atoms with Crippen molar-refractivity contribution in [2.24, 2.45) is 12.2 Å². The molecule has 0 bridgehead atoms. The standard InChI is InChI=1S/C11H12ClN3O3S/c1-15-7-14-5-9(15)6-18-10-3-2-8(12)4-11(10)19(13,16)17/h2-5,7H,6H2,1H3,(H2,13,16,17). The first-order valence-electron chi connectivity index (χ1n) is 5.28. The highest BCUT2D eigenvalue weighted by Crippen LogP contribution is 2.26. The van der Waals surface area contributed by atoms with Crippen LogP contribution in [0.5, 0.6) is 5.75 Å². The molecule has 0 aliphatic carbocycles. The van der Waals surface area contributed by atoms with E-state index in [0.717, 1.165) is 5.69 Å². The van der Waals surface area contributed by atoms with Crippen molar-refractivity contribution in [3.63, 3.8) is 0 Å². The number of aromatic nitrogens is 2. The van der Waals surface area contributed by atoms with Gasteiger partial charge in [0.15, 0.2) is 0 Å². The van der Waals surface area contributed by atoms with Crippen LogP contribution < -0.4 is 9.88 Å². The van der Waals surface area contributed by atoms with Gasteiger partial charge in [-0.25, -0.2) is 18.5 Å². The first kappa shape index (κ1) is 13.9. The number of nitrogens with two attached hydrogens (primary N) is 1. The van der Waals surface area contributed by atoms with Gasteiger partial charge in [0.05, 0.1) is 18.2 Å². The van der Waals surface area contributed by atoms with E-state index in [4.69, 9.17) is 21.5 Å². The summed E-state index contributed by atoms with van der Waals surface area (Å²) in [6.45, 7) is 0.181. The second-order valence-electron chi connectivity index (χ2n) is 3.92. The molecule has 6 nitrogen and oxygen atoms in total. The van der Waals surface area contributed by atoms with E-state index < -0.39 is 10.0 Å². The number of halogens is 1. The third-order valence-corrected chi connectivity index (χ3v) is 3.67. The summed E-state index contributed by atoms with van der Waals surface area (Å²) in [4.78, 5) is 3.80. The molecule has 2 N–H and O–H groups in total. The number of primary sulfonamides is 1. The second-order valence-corrected chi connectivity index (χ2v) is 5.89. The van der Waals surface area contributed by atoms with Gasteiger partial charge in [-0.1, -0.05) is 11.6 Å². The number of nitrogens with zero attached hydrogens (tertiary/aromatic N) is 2. The maximum atomic E-state index is 11.5. The topological polar surface area (TPSA) is 87.2 Å². The lowest BCUT2D eigenvalue weighted by atomic mass is 10.3. The molecule has 0 amide bonds. The molecule has 0 fully saturated rings. The average Bonchev–Trinajstić information content (AvgIpc) is 2.72. The van der Waals surface area contributed by atoms with Gasteiger partial charge in [-0.3, -0.25) is 0 Å². The van der Waals surface area contributed by atoms with Crippen molar-refractivity contribution in [3.05, 3.63) is 41.4 Å². The van der Waals surface area contributed by atoms with Crippen LogP contribution >= 0.6 is 11.6 Å². The molecule has 0 atom stereocenters. The predicted octanol–water partition coefficient (Wildman–Crippen LogP) is 1.30. The van der Waals surface area contributed by atoms with E-state index in [9.17, 15) is 8.42 Å². The fourth-order valence-electron chi connectivity index (χ4n) is 1.50. The van der Waals surface area contributed by atoms with Crippen molar-refractivity contribution in [2.75, 3.05) is 0 Å². The van der Waals surface area contributed by atoms with Gasteiger partial charge in [0.2, 0.25) is 10.0 Å². The zero-order chi connectivity index (χ0) is 14.0. The van der Waals surface area contributed by atoms with E-state index in [1.807, 2.05) is 7.05 Å². The Bertz CT molecular complexity index is 697. The maximum Gasteiger partial charge on any atom is 0.241 e. The highest BCUT2D eigenvalue weighted by molar-refractivity contribution is 7.89. The van der Waals surface area contributed by atoms with E-state index in [-0.39, 0.29) is 22.3 Å². The zero-order valence-electron chi connectivity index (χ0n) is 10.1. The smallest absolute Gasteiger partial charge is 0.241 e. The summed E-state index contributed by atoms with van der Waals surface area (Å²) in [5.74, 6) is 0.160. The zero-order valence-corrected chi connectivity index (χ0v) is 11.6. The summed E-state index contributed by atoms with van der Waals surface area (Å²) < 4.78 is 30.1. The van der Waals surface area contributed by atoms with Crippen molar-refractivity contribution in [2.45, 2.75) is 11.5 Å². The van der Waals surface area contributed by atoms with Gasteiger partial charge in [-0.15, -0.1) is 0 Å². The van der Waals surface area contributed by atoms with Gasteiger partial charge >= 0.3 is 0 Å². The van der Waals surface area contributed by atoms with Crippen LogP contribution in [0.3, 0.4) is 0 Å². The predicted molar refractivity (Wildman–Crippen MR) is 70.4 cm³/mol. The largest absolute Gasteiger partial charge is 0.486 e. The van der Waals surface area contributed by atoms with Gasteiger partial charge < -0.3 is 9.30 Å². The van der Waals surface area contributed by atoms with Crippen LogP contribution in [0.25, 0.3) is 0 Å². The molecule has 19 heavy (non-hydrogen) atoms. The molecule has 1 heterocycles. The molecule has 0 saturated carbocycles. The molecule has 0 saturated heterocycles. The van der Waals surface area contributed by atoms with Crippen molar-refractivity contribution in [3.8, 4) is 5.75 Å². The Morgan fingerprint density at radius 1 is 1.47 bits per heavy atom. The molecule has 0 aliphatic rings. The third kappa shape index (κ3) is 3.25. The number of hydrogen-bond acceptors (Lipinski definition) is 4. The van der Waals surface area contributed by atoms with Crippen molar-refractivity contribution in [1.29, 1.82) is 0 Å². The quantitative estimate of drug-likeness (QED) is 0.922. The summed E-state index contributed by atoms with van der Waals surface area (Å²) in [5.41, 5.74) is 0.801. The number of benzene rings is 1. The van der Waals surface area contributed by atoms with Gasteiger partial charge in [0.25, 0.3) is 0 Å². The minimum absolute atomic E-state index is 0.137. The Balaban J connectivity index is 2.28. The summed E-state index contributed by atoms with van der Waals surface area (Å²) in [6, 6.07) is 4.27. The Morgan fingerprint density at radius 3 is 2.79 bits per heavy atom. The Hall–Kier alpha value is -1.57. The highest BCUT2D eigenvalue weighted by Gasteiger charge is 2.16. The third-order valence-electron chi connectivity index (χ3n) is 2.50. The van der Waals surface area contributed by atoms with Gasteiger partial charge in [0, 0.05) is 12.1 Å². The van der Waals surface area contributed by atoms with Crippen LogP contribution in [0.4, 0.5) is 0 Å². The van der Waals surface area contributed by atoms with E-state index in [1.165, 1.54) is 18.2 Å². The van der Waals surface area contributed by atoms with Crippen molar-refractivity contribution >= 4 is 21.6 Å². The molecule has 1 aromatic carbocycles. The molecule has 0 unspecified atom stereocenters. The van der Waals surface area contributed by atoms with E-state index >= 15 is 0 Å². The SMILES string of the molecule is Cn1cncc1COc1ccc(Cl)cc1S(N)(=O)=O. The molecule has 0 radical (unpaired) electrons. The van der Waals surface area contributed by atoms with Crippen molar-refractivity contribution < 1.29 is 13.2 Å². The summed E-state index contributed by atoms with van der Waals surface area (Å²) in [7, 11) is -2.08. The second kappa shape index (κ2) is 5.20. The molecule has 0 spiro atoms. The molecule has 1 aromatic heterocycles. The lowest BCUT2D eigenvalue weighted by molar-refractivity contribution is 0.289. The monoisotopic (exact) mass is 301 g/mol. The number of hydrogen-bond donors (Lipinski definition) is 1. The summed E-state index contributed by atoms with van der Waals surface area (Å²) in [5, 5.41) is 5.40. The molecular formula is C11H12ClN3O3S. The average molecular weight is 302 g/mol. The van der Waals surface area contributed by atoms with Crippen LogP contribution in [0.2, 0.25) is 5.02 Å². The number of imidazole rings is 1. The minimum atomic E-state index is -3.89. The summed E-state index contributed by atoms with van der Waals surface area (Å²) in [6.07, 6.45) is 3.26. The maximum absolute atomic E-state index is 11.5. The Morgan fingerprint density at radius 2 is 2.21 bits per heavy atom. The first-order chi connectivity index (χ1) is 8.88. The molecule has 2 rings (SSSR count). The summed E-state index contributed by atoms with van der Waals surface area (Å²) >= 11 is 5.76. The van der Waals surface area contributed by atoms with Crippen LogP contribution in [-0.4, -0.2) is 18.0 Å². The molecule has 8 heteroatoms. The van der Waals surface area contributed by atoms with E-state index in [1.54, 1.807) is 17.1 Å². The van der Waals surface area contributed by atoms with Gasteiger partial charge in [-0.2, -0.15) is 0 Å². The Labute approximate surface area is 115 Å². The lowest BCUT2D eigenvalue weighted by Gasteiger charge is -2.10. The number of rotatable bonds is 4. The molecular weight excluding hydrogens is 290 g/mol. The van der Waals surface area contributed by atoms with Crippen LogP contribution in [0.15, 0.2) is 35.6 Å². The fraction of sp³-hybridized carbons (Fsp3) is 0.182. The minimum Gasteiger partial charge on any atom is -0.486 e. The van der Waals surface area contributed by atoms with Gasteiger partial charge in [-0.05, 0) is 18.2 Å². The highest BCUT2D eigenvalue weighted by atomic mass is 35.5. The van der Waals surface area contributed by atoms with Crippen LogP contribution in [0, 0.1) is 0 Å². The van der Waals surface area contributed by atoms with E-state index in [2.05, 4.69) is 4.98 Å². The number of aryl methyl sites for hydroxylation is 1. The first-order valence-corrected chi connectivity index (χ1v) is 7.20. The fourth-order valence-corrected chi connectivity index (χ4v) is 2.43. The molecule has 0 aliphatic heterocycles. The van der Waals surface area contributed by atoms with Gasteiger partial charge in [0.1, 0.15) is 17.3 Å². The van der Waals surface area contributed by atoms with Crippen LogP contribution in [0.1, 0.15) is 5.69 Å². The molecule has 102 valence electrons. The molecule has 2 aromatic rings. The van der Waals surface area contributed by atoms with Crippen molar-refractivity contribution in [1.82, 2.24) is 9.55 Å². The normalized spacial score (nSPS) is 11.5.